The van der Waals surface area contributed by atoms with Crippen LogP contribution < -0.4 is 10.9 Å². The number of fused-ring (bicyclic) bond motifs is 3. The van der Waals surface area contributed by atoms with E-state index in [1.54, 1.807) is 6.07 Å². The fourth-order valence-corrected chi connectivity index (χ4v) is 3.94. The van der Waals surface area contributed by atoms with Crippen molar-refractivity contribution in [3.63, 3.8) is 0 Å². The highest BCUT2D eigenvalue weighted by atomic mass is 19.1. The largest absolute Gasteiger partial charge is 0.325 e. The van der Waals surface area contributed by atoms with E-state index in [4.69, 9.17) is 0 Å². The van der Waals surface area contributed by atoms with Gasteiger partial charge in [0.15, 0.2) is 0 Å². The molecular formula is C25H18F2N4O2. The van der Waals surface area contributed by atoms with Gasteiger partial charge in [0.1, 0.15) is 29.2 Å². The van der Waals surface area contributed by atoms with E-state index in [0.29, 0.717) is 28.7 Å². The predicted octanol–water partition coefficient (Wildman–Crippen LogP) is 4.32. The second kappa shape index (κ2) is 8.31. The van der Waals surface area contributed by atoms with Crippen LogP contribution in [0.5, 0.6) is 0 Å². The van der Waals surface area contributed by atoms with Gasteiger partial charge in [0.2, 0.25) is 5.91 Å². The third kappa shape index (κ3) is 3.98. The Morgan fingerprint density at radius 1 is 0.939 bits per heavy atom. The Kier molecular flexibility index (Phi) is 5.18. The van der Waals surface area contributed by atoms with E-state index >= 15 is 0 Å². The monoisotopic (exact) mass is 444 g/mol. The number of aromatic nitrogens is 3. The molecule has 0 aliphatic carbocycles. The van der Waals surface area contributed by atoms with Crippen LogP contribution in [0.25, 0.3) is 21.9 Å². The first-order valence-electron chi connectivity index (χ1n) is 10.3. The van der Waals surface area contributed by atoms with Gasteiger partial charge >= 0.3 is 0 Å². The average Bonchev–Trinajstić information content (AvgIpc) is 3.09. The number of benzene rings is 3. The first-order valence-corrected chi connectivity index (χ1v) is 10.3. The van der Waals surface area contributed by atoms with Gasteiger partial charge in [0.25, 0.3) is 5.56 Å². The summed E-state index contributed by atoms with van der Waals surface area (Å²) >= 11 is 0. The lowest BCUT2D eigenvalue weighted by Crippen LogP contribution is -2.25. The van der Waals surface area contributed by atoms with Crippen LogP contribution in [0.15, 0.2) is 83.9 Å². The molecule has 0 unspecified atom stereocenters. The highest BCUT2D eigenvalue weighted by Crippen LogP contribution is 2.26. The number of hydrogen-bond acceptors (Lipinski definition) is 3. The van der Waals surface area contributed by atoms with Crippen LogP contribution in [0.1, 0.15) is 5.56 Å². The highest BCUT2D eigenvalue weighted by Gasteiger charge is 2.19. The maximum atomic E-state index is 14.0. The van der Waals surface area contributed by atoms with Crippen LogP contribution in [0, 0.1) is 11.6 Å². The number of carbonyl (C=O) groups excluding carboxylic acids is 1. The van der Waals surface area contributed by atoms with Crippen LogP contribution in [0.2, 0.25) is 0 Å². The summed E-state index contributed by atoms with van der Waals surface area (Å²) in [7, 11) is 0. The number of halogens is 2. The molecule has 164 valence electrons. The zero-order valence-electron chi connectivity index (χ0n) is 17.3. The molecule has 5 rings (SSSR count). The van der Waals surface area contributed by atoms with Gasteiger partial charge in [-0.05, 0) is 42.0 Å². The summed E-state index contributed by atoms with van der Waals surface area (Å²) in [5.74, 6) is -1.41. The Hall–Kier alpha value is -4.33. The smallest absolute Gasteiger partial charge is 0.278 e. The van der Waals surface area contributed by atoms with E-state index in [9.17, 15) is 18.4 Å². The Bertz CT molecular complexity index is 1560. The molecular weight excluding hydrogens is 426 g/mol. The lowest BCUT2D eigenvalue weighted by molar-refractivity contribution is -0.116. The van der Waals surface area contributed by atoms with Crippen LogP contribution in [0.3, 0.4) is 0 Å². The summed E-state index contributed by atoms with van der Waals surface area (Å²) in [6.45, 7) is 0.0718. The highest BCUT2D eigenvalue weighted by molar-refractivity contribution is 6.06. The molecule has 0 saturated carbocycles. The SMILES string of the molecule is O=C(Cn1c2ccc(F)cc2c2ncn(Cc3ccccc3)c(=O)c21)Nc1cccc(F)c1. The van der Waals surface area contributed by atoms with Crippen LogP contribution in [0.4, 0.5) is 14.5 Å². The molecule has 0 spiro atoms. The Labute approximate surface area is 186 Å². The number of anilines is 1. The van der Waals surface area contributed by atoms with E-state index in [1.165, 1.54) is 51.9 Å². The molecule has 0 bridgehead atoms. The van der Waals surface area contributed by atoms with Crippen LogP contribution in [-0.4, -0.2) is 20.0 Å². The molecule has 0 fully saturated rings. The first kappa shape index (κ1) is 20.6. The lowest BCUT2D eigenvalue weighted by atomic mass is 10.2. The molecule has 2 heterocycles. The molecule has 0 saturated heterocycles. The van der Waals surface area contributed by atoms with E-state index in [-0.39, 0.29) is 17.6 Å². The van der Waals surface area contributed by atoms with Crippen molar-refractivity contribution in [3.05, 3.63) is 107 Å². The minimum absolute atomic E-state index is 0.198. The van der Waals surface area contributed by atoms with Crippen molar-refractivity contribution in [1.29, 1.82) is 0 Å². The predicted molar refractivity (Wildman–Crippen MR) is 122 cm³/mol. The number of hydrogen-bond donors (Lipinski definition) is 1. The van der Waals surface area contributed by atoms with Crippen molar-refractivity contribution in [3.8, 4) is 0 Å². The topological polar surface area (TPSA) is 68.9 Å². The fraction of sp³-hybridized carbons (Fsp3) is 0.0800. The van der Waals surface area contributed by atoms with Gasteiger partial charge < -0.3 is 9.88 Å². The molecule has 0 aliphatic rings. The first-order chi connectivity index (χ1) is 16.0. The van der Waals surface area contributed by atoms with E-state index in [0.717, 1.165) is 5.56 Å². The van der Waals surface area contributed by atoms with Crippen LogP contribution >= 0.6 is 0 Å². The van der Waals surface area contributed by atoms with Gasteiger partial charge in [0, 0.05) is 11.1 Å². The normalized spacial score (nSPS) is 11.2. The van der Waals surface area contributed by atoms with Crippen molar-refractivity contribution >= 4 is 33.5 Å². The van der Waals surface area contributed by atoms with Gasteiger partial charge in [-0.15, -0.1) is 0 Å². The molecule has 3 aromatic carbocycles. The Morgan fingerprint density at radius 3 is 2.52 bits per heavy atom. The third-order valence-electron chi connectivity index (χ3n) is 5.39. The van der Waals surface area contributed by atoms with Crippen molar-refractivity contribution < 1.29 is 13.6 Å². The molecule has 0 atom stereocenters. The molecule has 1 N–H and O–H groups in total. The summed E-state index contributed by atoms with van der Waals surface area (Å²) in [5.41, 5.74) is 1.88. The van der Waals surface area contributed by atoms with Gasteiger partial charge in [-0.25, -0.2) is 13.8 Å². The summed E-state index contributed by atoms with van der Waals surface area (Å²) < 4.78 is 30.5. The summed E-state index contributed by atoms with van der Waals surface area (Å²) in [6.07, 6.45) is 1.43. The number of amides is 1. The number of rotatable bonds is 5. The molecule has 33 heavy (non-hydrogen) atoms. The average molecular weight is 444 g/mol. The number of carbonyl (C=O) groups is 1. The minimum atomic E-state index is -0.479. The second-order valence-electron chi connectivity index (χ2n) is 7.67. The second-order valence-corrected chi connectivity index (χ2v) is 7.67. The Morgan fingerprint density at radius 2 is 1.73 bits per heavy atom. The zero-order valence-corrected chi connectivity index (χ0v) is 17.3. The third-order valence-corrected chi connectivity index (χ3v) is 5.39. The van der Waals surface area contributed by atoms with Crippen LogP contribution in [-0.2, 0) is 17.9 Å². The molecule has 0 aliphatic heterocycles. The van der Waals surface area contributed by atoms with Gasteiger partial charge in [-0.3, -0.25) is 14.2 Å². The number of nitrogens with zero attached hydrogens (tertiary/aromatic N) is 3. The fourth-order valence-electron chi connectivity index (χ4n) is 3.94. The van der Waals surface area contributed by atoms with Crippen molar-refractivity contribution in [2.75, 3.05) is 5.32 Å². The van der Waals surface area contributed by atoms with E-state index in [2.05, 4.69) is 10.3 Å². The number of nitrogens with one attached hydrogen (secondary N) is 1. The lowest BCUT2D eigenvalue weighted by Gasteiger charge is -2.10. The van der Waals surface area contributed by atoms with Crippen molar-refractivity contribution in [1.82, 2.24) is 14.1 Å². The maximum Gasteiger partial charge on any atom is 0.278 e. The molecule has 2 aromatic heterocycles. The van der Waals surface area contributed by atoms with Crippen molar-refractivity contribution in [2.45, 2.75) is 13.1 Å². The summed E-state index contributed by atoms with van der Waals surface area (Å²) in [4.78, 5) is 30.6. The molecule has 0 radical (unpaired) electrons. The Balaban J connectivity index is 1.61. The zero-order chi connectivity index (χ0) is 22.9. The van der Waals surface area contributed by atoms with E-state index < -0.39 is 17.5 Å². The summed E-state index contributed by atoms with van der Waals surface area (Å²) in [5, 5.41) is 3.07. The van der Waals surface area contributed by atoms with Crippen molar-refractivity contribution in [2.24, 2.45) is 0 Å². The minimum Gasteiger partial charge on any atom is -0.325 e. The molecule has 8 heteroatoms. The van der Waals surface area contributed by atoms with Gasteiger partial charge in [0.05, 0.1) is 18.4 Å². The quantitative estimate of drug-likeness (QED) is 0.439. The van der Waals surface area contributed by atoms with E-state index in [1.807, 2.05) is 30.3 Å². The summed E-state index contributed by atoms with van der Waals surface area (Å²) in [6, 6.07) is 19.0. The molecule has 1 amide bonds. The molecule has 6 nitrogen and oxygen atoms in total. The maximum absolute atomic E-state index is 14.0. The van der Waals surface area contributed by atoms with Gasteiger partial charge in [-0.1, -0.05) is 36.4 Å². The standard InChI is InChI=1S/C25H18F2N4O2/c26-17-7-4-8-19(11-17)29-22(32)14-31-21-10-9-18(27)12-20(21)23-24(31)25(33)30(15-28-23)13-16-5-2-1-3-6-16/h1-12,15H,13-14H2,(H,29,32). The molecule has 5 aromatic rings. The van der Waals surface area contributed by atoms with Gasteiger partial charge in [-0.2, -0.15) is 0 Å².